The molecule has 2 N–H and O–H groups in total. The van der Waals surface area contributed by atoms with Gasteiger partial charge in [-0.15, -0.1) is 0 Å². The molecule has 0 bridgehead atoms. The fourth-order valence-corrected chi connectivity index (χ4v) is 3.10. The number of nitrogens with one attached hydrogen (secondary N) is 2. The van der Waals surface area contributed by atoms with Crippen molar-refractivity contribution in [3.63, 3.8) is 0 Å². The zero-order valence-corrected chi connectivity index (χ0v) is 13.7. The van der Waals surface area contributed by atoms with Crippen molar-refractivity contribution < 1.29 is 4.79 Å². The minimum Gasteiger partial charge on any atom is -0.385 e. The Morgan fingerprint density at radius 2 is 1.78 bits per heavy atom. The molecule has 23 heavy (non-hydrogen) atoms. The topological polar surface area (TPSA) is 41.1 Å². The molecule has 1 aliphatic rings. The predicted octanol–water partition coefficient (Wildman–Crippen LogP) is 4.06. The van der Waals surface area contributed by atoms with Crippen LogP contribution in [0, 0.1) is 5.92 Å². The quantitative estimate of drug-likeness (QED) is 0.752. The second kappa shape index (κ2) is 7.51. The lowest BCUT2D eigenvalue weighted by Crippen LogP contribution is -2.27. The number of rotatable bonds is 7. The van der Waals surface area contributed by atoms with E-state index in [9.17, 15) is 4.79 Å². The van der Waals surface area contributed by atoms with Crippen LogP contribution in [0.3, 0.4) is 0 Å². The first kappa shape index (κ1) is 15.9. The number of carbonyl (C=O) groups excluding carboxylic acids is 1. The van der Waals surface area contributed by atoms with Crippen molar-refractivity contribution in [1.82, 2.24) is 5.32 Å². The Hall–Kier alpha value is -2.00. The van der Waals surface area contributed by atoms with Crippen LogP contribution in [-0.2, 0) is 4.79 Å². The number of anilines is 1. The summed E-state index contributed by atoms with van der Waals surface area (Å²) in [6, 6.07) is 17.9. The van der Waals surface area contributed by atoms with E-state index in [1.54, 1.807) is 0 Å². The molecule has 0 heterocycles. The lowest BCUT2D eigenvalue weighted by atomic mass is 10.1. The van der Waals surface area contributed by atoms with Gasteiger partial charge in [-0.25, -0.2) is 0 Å². The number of hydrogen-bond acceptors (Lipinski definition) is 2. The van der Waals surface area contributed by atoms with Crippen molar-refractivity contribution in [3.8, 4) is 0 Å². The molecule has 3 nitrogen and oxygen atoms in total. The summed E-state index contributed by atoms with van der Waals surface area (Å²) in [5.41, 5.74) is 2.21. The van der Waals surface area contributed by atoms with Gasteiger partial charge in [0.15, 0.2) is 0 Å². The Balaban J connectivity index is 1.36. The fourth-order valence-electron chi connectivity index (χ4n) is 2.82. The van der Waals surface area contributed by atoms with Gasteiger partial charge >= 0.3 is 0 Å². The van der Waals surface area contributed by atoms with E-state index in [2.05, 4.69) is 10.6 Å². The molecule has 2 aromatic rings. The van der Waals surface area contributed by atoms with Crippen LogP contribution in [0.1, 0.15) is 24.3 Å². The maximum absolute atomic E-state index is 12.2. The molecular formula is C19H21ClN2O. The molecule has 2 unspecified atom stereocenters. The van der Waals surface area contributed by atoms with Crippen molar-refractivity contribution in [2.75, 3.05) is 18.4 Å². The molecule has 0 aromatic heterocycles. The predicted molar refractivity (Wildman–Crippen MR) is 94.9 cm³/mol. The van der Waals surface area contributed by atoms with E-state index < -0.39 is 0 Å². The summed E-state index contributed by atoms with van der Waals surface area (Å²) in [5, 5.41) is 7.13. The van der Waals surface area contributed by atoms with Gasteiger partial charge in [0.1, 0.15) is 0 Å². The number of benzene rings is 2. The van der Waals surface area contributed by atoms with Gasteiger partial charge in [0.25, 0.3) is 0 Å². The minimum absolute atomic E-state index is 0.0805. The van der Waals surface area contributed by atoms with E-state index in [0.717, 1.165) is 35.7 Å². The molecule has 1 aliphatic carbocycles. The Kier molecular flexibility index (Phi) is 5.19. The Labute approximate surface area is 142 Å². The normalized spacial score (nSPS) is 19.2. The van der Waals surface area contributed by atoms with Crippen LogP contribution in [0.25, 0.3) is 0 Å². The molecule has 1 amide bonds. The molecule has 1 saturated carbocycles. The molecule has 4 heteroatoms. The van der Waals surface area contributed by atoms with Crippen LogP contribution in [0.4, 0.5) is 5.69 Å². The molecule has 0 radical (unpaired) electrons. The molecule has 120 valence electrons. The number of hydrogen-bond donors (Lipinski definition) is 2. The second-order valence-corrected chi connectivity index (χ2v) is 6.31. The maximum Gasteiger partial charge on any atom is 0.223 e. The van der Waals surface area contributed by atoms with Crippen molar-refractivity contribution in [1.29, 1.82) is 0 Å². The average molecular weight is 329 g/mol. The van der Waals surface area contributed by atoms with Gasteiger partial charge in [0.2, 0.25) is 5.91 Å². The number of carbonyl (C=O) groups is 1. The lowest BCUT2D eigenvalue weighted by Gasteiger charge is -2.08. The van der Waals surface area contributed by atoms with Crippen LogP contribution >= 0.6 is 11.6 Å². The molecular weight excluding hydrogens is 308 g/mol. The van der Waals surface area contributed by atoms with Crippen molar-refractivity contribution in [2.24, 2.45) is 5.92 Å². The van der Waals surface area contributed by atoms with Gasteiger partial charge in [-0.3, -0.25) is 4.79 Å². The van der Waals surface area contributed by atoms with Gasteiger partial charge in [-0.1, -0.05) is 48.0 Å². The van der Waals surface area contributed by atoms with E-state index in [1.807, 2.05) is 54.6 Å². The van der Waals surface area contributed by atoms with E-state index in [0.29, 0.717) is 6.54 Å². The molecule has 1 fully saturated rings. The molecule has 0 saturated heterocycles. The van der Waals surface area contributed by atoms with Gasteiger partial charge in [-0.2, -0.15) is 0 Å². The van der Waals surface area contributed by atoms with Gasteiger partial charge < -0.3 is 10.6 Å². The Morgan fingerprint density at radius 1 is 1.04 bits per heavy atom. The van der Waals surface area contributed by atoms with Gasteiger partial charge in [0, 0.05) is 29.7 Å². The van der Waals surface area contributed by atoms with E-state index in [-0.39, 0.29) is 17.7 Å². The van der Waals surface area contributed by atoms with Crippen LogP contribution in [0.5, 0.6) is 0 Å². The Morgan fingerprint density at radius 3 is 2.57 bits per heavy atom. The first-order chi connectivity index (χ1) is 11.3. The molecule has 2 atom stereocenters. The highest BCUT2D eigenvalue weighted by Gasteiger charge is 2.44. The molecule has 3 rings (SSSR count). The van der Waals surface area contributed by atoms with E-state index >= 15 is 0 Å². The molecule has 0 spiro atoms. The third-order valence-electron chi connectivity index (χ3n) is 4.19. The highest BCUT2D eigenvalue weighted by atomic mass is 35.5. The smallest absolute Gasteiger partial charge is 0.223 e. The summed E-state index contributed by atoms with van der Waals surface area (Å²) in [5.74, 6) is 0.512. The van der Waals surface area contributed by atoms with Crippen molar-refractivity contribution in [2.45, 2.75) is 18.8 Å². The van der Waals surface area contributed by atoms with Crippen LogP contribution in [0.2, 0.25) is 5.02 Å². The molecule has 2 aromatic carbocycles. The lowest BCUT2D eigenvalue weighted by molar-refractivity contribution is -0.122. The zero-order chi connectivity index (χ0) is 16.1. The van der Waals surface area contributed by atoms with Crippen LogP contribution in [0.15, 0.2) is 54.6 Å². The largest absolute Gasteiger partial charge is 0.385 e. The third kappa shape index (κ3) is 4.26. The summed E-state index contributed by atoms with van der Waals surface area (Å²) < 4.78 is 0. The summed E-state index contributed by atoms with van der Waals surface area (Å²) in [7, 11) is 0. The van der Waals surface area contributed by atoms with Crippen LogP contribution < -0.4 is 10.6 Å². The minimum atomic E-state index is 0.0805. The first-order valence-corrected chi connectivity index (χ1v) is 8.44. The van der Waals surface area contributed by atoms with Crippen molar-refractivity contribution >= 4 is 23.2 Å². The highest BCUT2D eigenvalue weighted by Crippen LogP contribution is 2.49. The average Bonchev–Trinajstić information content (AvgIpc) is 3.36. The molecule has 0 aliphatic heterocycles. The first-order valence-electron chi connectivity index (χ1n) is 8.07. The Bertz CT molecular complexity index is 659. The summed E-state index contributed by atoms with van der Waals surface area (Å²) in [6.45, 7) is 1.55. The van der Waals surface area contributed by atoms with Crippen LogP contribution in [-0.4, -0.2) is 19.0 Å². The second-order valence-electron chi connectivity index (χ2n) is 5.91. The van der Waals surface area contributed by atoms with Crippen molar-refractivity contribution in [3.05, 3.63) is 65.2 Å². The number of para-hydroxylation sites is 1. The van der Waals surface area contributed by atoms with Gasteiger partial charge in [-0.05, 0) is 42.5 Å². The van der Waals surface area contributed by atoms with Gasteiger partial charge in [0.05, 0.1) is 0 Å². The zero-order valence-electron chi connectivity index (χ0n) is 13.0. The van der Waals surface area contributed by atoms with E-state index in [4.69, 9.17) is 11.6 Å². The highest BCUT2D eigenvalue weighted by molar-refractivity contribution is 6.31. The van der Waals surface area contributed by atoms with E-state index in [1.165, 1.54) is 0 Å². The summed E-state index contributed by atoms with van der Waals surface area (Å²) in [6.07, 6.45) is 1.81. The standard InChI is InChI=1S/C19H21ClN2O/c20-18-10-5-4-9-15(18)16-13-17(16)19(23)22-12-6-11-21-14-7-2-1-3-8-14/h1-5,7-10,16-17,21H,6,11-13H2,(H,22,23). The SMILES string of the molecule is O=C(NCCCNc1ccccc1)C1CC1c1ccccc1Cl. The fraction of sp³-hybridized carbons (Fsp3) is 0.316. The summed E-state index contributed by atoms with van der Waals surface area (Å²) >= 11 is 6.19. The number of amides is 1. The number of halogens is 1. The third-order valence-corrected chi connectivity index (χ3v) is 4.53. The monoisotopic (exact) mass is 328 g/mol. The summed E-state index contributed by atoms with van der Waals surface area (Å²) in [4.78, 5) is 12.2. The maximum atomic E-state index is 12.2.